The van der Waals surface area contributed by atoms with Crippen LogP contribution < -0.4 is 10.1 Å². The summed E-state index contributed by atoms with van der Waals surface area (Å²) in [6, 6.07) is 6.66. The number of aromatic nitrogens is 1. The van der Waals surface area contributed by atoms with Crippen molar-refractivity contribution >= 4 is 0 Å². The zero-order valence-corrected chi connectivity index (χ0v) is 10.4. The quantitative estimate of drug-likeness (QED) is 0.885. The third-order valence-corrected chi connectivity index (χ3v) is 2.56. The Labute approximate surface area is 105 Å². The van der Waals surface area contributed by atoms with Crippen molar-refractivity contribution in [3.63, 3.8) is 0 Å². The van der Waals surface area contributed by atoms with Gasteiger partial charge in [0.15, 0.2) is 0 Å². The number of halogens is 1. The SMILES string of the molecule is COc1ccc(CNCc2cc(C)on2)c(F)c1. The molecule has 0 aliphatic heterocycles. The summed E-state index contributed by atoms with van der Waals surface area (Å²) in [5.74, 6) is 1.00. The van der Waals surface area contributed by atoms with Gasteiger partial charge in [-0.05, 0) is 13.0 Å². The number of benzene rings is 1. The fraction of sp³-hybridized carbons (Fsp3) is 0.308. The van der Waals surface area contributed by atoms with Crippen LogP contribution >= 0.6 is 0 Å². The van der Waals surface area contributed by atoms with Crippen LogP contribution in [-0.4, -0.2) is 12.3 Å². The number of hydrogen-bond donors (Lipinski definition) is 1. The first-order chi connectivity index (χ1) is 8.69. The summed E-state index contributed by atoms with van der Waals surface area (Å²) >= 11 is 0. The van der Waals surface area contributed by atoms with E-state index < -0.39 is 0 Å². The van der Waals surface area contributed by atoms with Crippen LogP contribution in [0, 0.1) is 12.7 Å². The molecular weight excluding hydrogens is 235 g/mol. The van der Waals surface area contributed by atoms with Gasteiger partial charge >= 0.3 is 0 Å². The Balaban J connectivity index is 1.90. The summed E-state index contributed by atoms with van der Waals surface area (Å²) in [5, 5.41) is 6.95. The highest BCUT2D eigenvalue weighted by Crippen LogP contribution is 2.16. The van der Waals surface area contributed by atoms with Crippen LogP contribution in [0.4, 0.5) is 4.39 Å². The van der Waals surface area contributed by atoms with Crippen LogP contribution in [0.1, 0.15) is 17.0 Å². The van der Waals surface area contributed by atoms with E-state index in [1.807, 2.05) is 13.0 Å². The van der Waals surface area contributed by atoms with E-state index >= 15 is 0 Å². The third-order valence-electron chi connectivity index (χ3n) is 2.56. The van der Waals surface area contributed by atoms with Crippen molar-refractivity contribution in [2.24, 2.45) is 0 Å². The smallest absolute Gasteiger partial charge is 0.133 e. The molecule has 5 heteroatoms. The Morgan fingerprint density at radius 3 is 2.78 bits per heavy atom. The Bertz CT molecular complexity index is 525. The number of nitrogens with zero attached hydrogens (tertiary/aromatic N) is 1. The van der Waals surface area contributed by atoms with E-state index in [0.29, 0.717) is 24.4 Å². The lowest BCUT2D eigenvalue weighted by Gasteiger charge is -2.06. The minimum atomic E-state index is -0.279. The molecule has 4 nitrogen and oxygen atoms in total. The van der Waals surface area contributed by atoms with Crippen LogP contribution in [0.25, 0.3) is 0 Å². The molecule has 0 fully saturated rings. The fourth-order valence-electron chi connectivity index (χ4n) is 1.62. The molecule has 0 amide bonds. The minimum absolute atomic E-state index is 0.279. The fourth-order valence-corrected chi connectivity index (χ4v) is 1.62. The first kappa shape index (κ1) is 12.6. The van der Waals surface area contributed by atoms with Gasteiger partial charge in [-0.3, -0.25) is 0 Å². The molecule has 1 heterocycles. The maximum Gasteiger partial charge on any atom is 0.133 e. The molecule has 0 saturated heterocycles. The third kappa shape index (κ3) is 3.07. The van der Waals surface area contributed by atoms with E-state index in [0.717, 1.165) is 11.5 Å². The highest BCUT2D eigenvalue weighted by atomic mass is 19.1. The predicted molar refractivity (Wildman–Crippen MR) is 64.7 cm³/mol. The molecule has 0 spiro atoms. The van der Waals surface area contributed by atoms with Crippen molar-refractivity contribution in [1.82, 2.24) is 10.5 Å². The highest BCUT2D eigenvalue weighted by Gasteiger charge is 2.04. The van der Waals surface area contributed by atoms with Crippen molar-refractivity contribution in [3.05, 3.63) is 47.1 Å². The normalized spacial score (nSPS) is 10.6. The molecule has 1 N–H and O–H groups in total. The molecule has 0 atom stereocenters. The van der Waals surface area contributed by atoms with Gasteiger partial charge in [0.05, 0.1) is 12.8 Å². The molecule has 0 aliphatic rings. The van der Waals surface area contributed by atoms with Gasteiger partial charge in [-0.25, -0.2) is 4.39 Å². The second-order valence-corrected chi connectivity index (χ2v) is 3.99. The van der Waals surface area contributed by atoms with Gasteiger partial charge in [-0.15, -0.1) is 0 Å². The van der Waals surface area contributed by atoms with E-state index in [-0.39, 0.29) is 5.82 Å². The summed E-state index contributed by atoms with van der Waals surface area (Å²) in [5.41, 5.74) is 1.40. The van der Waals surface area contributed by atoms with Gasteiger partial charge in [0, 0.05) is 30.8 Å². The van der Waals surface area contributed by atoms with Crippen molar-refractivity contribution in [1.29, 1.82) is 0 Å². The first-order valence-electron chi connectivity index (χ1n) is 5.64. The largest absolute Gasteiger partial charge is 0.497 e. The second kappa shape index (κ2) is 5.64. The first-order valence-corrected chi connectivity index (χ1v) is 5.64. The van der Waals surface area contributed by atoms with Crippen LogP contribution in [-0.2, 0) is 13.1 Å². The van der Waals surface area contributed by atoms with Gasteiger partial charge in [0.2, 0.25) is 0 Å². The maximum absolute atomic E-state index is 13.6. The Morgan fingerprint density at radius 1 is 1.33 bits per heavy atom. The van der Waals surface area contributed by atoms with Crippen molar-refractivity contribution in [3.8, 4) is 5.75 Å². The average Bonchev–Trinajstić information content (AvgIpc) is 2.77. The summed E-state index contributed by atoms with van der Waals surface area (Å²) in [4.78, 5) is 0. The lowest BCUT2D eigenvalue weighted by Crippen LogP contribution is -2.13. The molecule has 18 heavy (non-hydrogen) atoms. The summed E-state index contributed by atoms with van der Waals surface area (Å²) in [6.45, 7) is 2.81. The van der Waals surface area contributed by atoms with Crippen LogP contribution in [0.5, 0.6) is 5.75 Å². The lowest BCUT2D eigenvalue weighted by molar-refractivity contribution is 0.388. The summed E-state index contributed by atoms with van der Waals surface area (Å²) in [7, 11) is 1.51. The molecule has 0 saturated carbocycles. The molecule has 0 bridgehead atoms. The number of methoxy groups -OCH3 is 1. The topological polar surface area (TPSA) is 47.3 Å². The number of nitrogens with one attached hydrogen (secondary N) is 1. The van der Waals surface area contributed by atoms with Crippen LogP contribution in [0.2, 0.25) is 0 Å². The Hall–Kier alpha value is -1.88. The average molecular weight is 250 g/mol. The number of aryl methyl sites for hydroxylation is 1. The molecule has 96 valence electrons. The van der Waals surface area contributed by atoms with Gasteiger partial charge in [-0.2, -0.15) is 0 Å². The molecule has 1 aromatic heterocycles. The van der Waals surface area contributed by atoms with Gasteiger partial charge < -0.3 is 14.6 Å². The zero-order chi connectivity index (χ0) is 13.0. The minimum Gasteiger partial charge on any atom is -0.497 e. The molecular formula is C13H15FN2O2. The molecule has 0 unspecified atom stereocenters. The molecule has 2 rings (SSSR count). The number of rotatable bonds is 5. The standard InChI is InChI=1S/C13H15FN2O2/c1-9-5-11(16-18-9)8-15-7-10-3-4-12(17-2)6-13(10)14/h3-6,15H,7-8H2,1-2H3. The molecule has 1 aromatic carbocycles. The van der Waals surface area contributed by atoms with Crippen LogP contribution in [0.15, 0.2) is 28.8 Å². The van der Waals surface area contributed by atoms with E-state index in [2.05, 4.69) is 10.5 Å². The van der Waals surface area contributed by atoms with Gasteiger partial charge in [0.1, 0.15) is 17.3 Å². The van der Waals surface area contributed by atoms with Crippen molar-refractivity contribution in [2.75, 3.05) is 7.11 Å². The molecule has 0 radical (unpaired) electrons. The van der Waals surface area contributed by atoms with E-state index in [1.54, 1.807) is 12.1 Å². The number of ether oxygens (including phenoxy) is 1. The predicted octanol–water partition coefficient (Wildman–Crippen LogP) is 2.42. The van der Waals surface area contributed by atoms with Gasteiger partial charge in [-0.1, -0.05) is 11.2 Å². The van der Waals surface area contributed by atoms with E-state index in [1.165, 1.54) is 13.2 Å². The van der Waals surface area contributed by atoms with Crippen LogP contribution in [0.3, 0.4) is 0 Å². The molecule has 2 aromatic rings. The molecule has 0 aliphatic carbocycles. The Kier molecular flexibility index (Phi) is 3.94. The van der Waals surface area contributed by atoms with Crippen molar-refractivity contribution in [2.45, 2.75) is 20.0 Å². The maximum atomic E-state index is 13.6. The Morgan fingerprint density at radius 2 is 2.17 bits per heavy atom. The second-order valence-electron chi connectivity index (χ2n) is 3.99. The summed E-state index contributed by atoms with van der Waals surface area (Å²) < 4.78 is 23.5. The van der Waals surface area contributed by atoms with E-state index in [9.17, 15) is 4.39 Å². The zero-order valence-electron chi connectivity index (χ0n) is 10.4. The van der Waals surface area contributed by atoms with Gasteiger partial charge in [0.25, 0.3) is 0 Å². The number of hydrogen-bond acceptors (Lipinski definition) is 4. The monoisotopic (exact) mass is 250 g/mol. The highest BCUT2D eigenvalue weighted by molar-refractivity contribution is 5.28. The lowest BCUT2D eigenvalue weighted by atomic mass is 10.2. The van der Waals surface area contributed by atoms with E-state index in [4.69, 9.17) is 9.26 Å². The summed E-state index contributed by atoms with van der Waals surface area (Å²) in [6.07, 6.45) is 0. The van der Waals surface area contributed by atoms with Crippen molar-refractivity contribution < 1.29 is 13.7 Å².